The van der Waals surface area contributed by atoms with E-state index in [9.17, 15) is 9.90 Å². The predicted octanol–water partition coefficient (Wildman–Crippen LogP) is 5.12. The Hall–Kier alpha value is -2.21. The third kappa shape index (κ3) is 6.89. The normalized spacial score (nSPS) is 19.1. The number of likely N-dealkylation sites (tertiary alicyclic amines) is 1. The zero-order chi connectivity index (χ0) is 22.9. The molecule has 32 heavy (non-hydrogen) atoms. The number of piperidine rings is 1. The van der Waals surface area contributed by atoms with Crippen molar-refractivity contribution in [3.63, 3.8) is 0 Å². The van der Waals surface area contributed by atoms with Crippen molar-refractivity contribution in [1.82, 2.24) is 4.90 Å². The molecule has 5 heteroatoms. The Morgan fingerprint density at radius 3 is 2.41 bits per heavy atom. The lowest BCUT2D eigenvalue weighted by atomic mass is 9.89. The van der Waals surface area contributed by atoms with Gasteiger partial charge in [-0.1, -0.05) is 68.4 Å². The van der Waals surface area contributed by atoms with E-state index in [1.54, 1.807) is 7.11 Å². The van der Waals surface area contributed by atoms with Crippen LogP contribution in [0.5, 0.6) is 0 Å². The van der Waals surface area contributed by atoms with Crippen LogP contribution in [0.1, 0.15) is 61.8 Å². The number of carboxylic acid groups (broad SMARTS) is 1. The van der Waals surface area contributed by atoms with E-state index in [0.717, 1.165) is 37.4 Å². The molecule has 1 saturated heterocycles. The lowest BCUT2D eigenvalue weighted by Gasteiger charge is -2.33. The minimum absolute atomic E-state index is 0.238. The van der Waals surface area contributed by atoms with Crippen LogP contribution < -0.4 is 0 Å². The largest absolute Gasteiger partial charge is 0.479 e. The minimum atomic E-state index is -0.908. The highest BCUT2D eigenvalue weighted by atomic mass is 16.5. The molecule has 1 unspecified atom stereocenters. The highest BCUT2D eigenvalue weighted by Crippen LogP contribution is 2.32. The SMILES string of the molecule is COCCN1CCCC(c2ccc([C@H](O[C@@H](CC(C)C)C(=O)O)c3ccccc3)cc2)C1. The Balaban J connectivity index is 1.79. The average Bonchev–Trinajstić information content (AvgIpc) is 2.81. The molecule has 0 saturated carbocycles. The molecule has 0 aromatic heterocycles. The monoisotopic (exact) mass is 439 g/mol. The van der Waals surface area contributed by atoms with Gasteiger partial charge in [0, 0.05) is 20.2 Å². The number of aliphatic carboxylic acids is 1. The topological polar surface area (TPSA) is 59.0 Å². The number of nitrogens with zero attached hydrogens (tertiary/aromatic N) is 1. The standard InChI is InChI=1S/C27H37NO4/c1-20(2)18-25(27(29)30)32-26(22-8-5-4-6-9-22)23-13-11-21(12-14-23)24-10-7-15-28(19-24)16-17-31-3/h4-6,8-9,11-14,20,24-26H,7,10,15-19H2,1-3H3,(H,29,30)/t24?,25-,26+/m0/s1. The molecule has 3 atom stereocenters. The van der Waals surface area contributed by atoms with Crippen molar-refractivity contribution in [2.75, 3.05) is 33.4 Å². The van der Waals surface area contributed by atoms with Crippen molar-refractivity contribution in [3.8, 4) is 0 Å². The van der Waals surface area contributed by atoms with Gasteiger partial charge >= 0.3 is 5.97 Å². The summed E-state index contributed by atoms with van der Waals surface area (Å²) < 4.78 is 11.5. The zero-order valence-electron chi connectivity index (χ0n) is 19.6. The second kappa shape index (κ2) is 12.1. The molecule has 1 heterocycles. The fourth-order valence-electron chi connectivity index (χ4n) is 4.48. The van der Waals surface area contributed by atoms with Crippen LogP contribution in [0.25, 0.3) is 0 Å². The van der Waals surface area contributed by atoms with Gasteiger partial charge < -0.3 is 19.5 Å². The number of ether oxygens (including phenoxy) is 2. The number of carbonyl (C=O) groups is 1. The molecule has 5 nitrogen and oxygen atoms in total. The van der Waals surface area contributed by atoms with Crippen LogP contribution in [0, 0.1) is 5.92 Å². The van der Waals surface area contributed by atoms with Gasteiger partial charge in [0.15, 0.2) is 6.10 Å². The van der Waals surface area contributed by atoms with Crippen molar-refractivity contribution in [2.45, 2.75) is 51.2 Å². The molecule has 1 N–H and O–H groups in total. The molecule has 0 bridgehead atoms. The molecule has 0 amide bonds. The highest BCUT2D eigenvalue weighted by Gasteiger charge is 2.27. The van der Waals surface area contributed by atoms with E-state index < -0.39 is 18.2 Å². The second-order valence-electron chi connectivity index (χ2n) is 9.18. The van der Waals surface area contributed by atoms with Crippen LogP contribution in [0.2, 0.25) is 0 Å². The molecule has 3 rings (SSSR count). The minimum Gasteiger partial charge on any atom is -0.479 e. The van der Waals surface area contributed by atoms with Gasteiger partial charge in [0.2, 0.25) is 0 Å². The first kappa shape index (κ1) is 24.4. The van der Waals surface area contributed by atoms with E-state index >= 15 is 0 Å². The first-order chi connectivity index (χ1) is 15.5. The van der Waals surface area contributed by atoms with Crippen molar-refractivity contribution in [3.05, 3.63) is 71.3 Å². The Morgan fingerprint density at radius 1 is 1.09 bits per heavy atom. The number of hydrogen-bond acceptors (Lipinski definition) is 4. The van der Waals surface area contributed by atoms with Gasteiger partial charge in [0.05, 0.1) is 6.61 Å². The van der Waals surface area contributed by atoms with Gasteiger partial charge in [-0.05, 0) is 54.3 Å². The Morgan fingerprint density at radius 2 is 1.78 bits per heavy atom. The highest BCUT2D eigenvalue weighted by molar-refractivity contribution is 5.72. The molecule has 174 valence electrons. The van der Waals surface area contributed by atoms with Crippen molar-refractivity contribution in [1.29, 1.82) is 0 Å². The number of hydrogen-bond donors (Lipinski definition) is 1. The van der Waals surface area contributed by atoms with Gasteiger partial charge in [-0.3, -0.25) is 0 Å². The molecular formula is C27H37NO4. The third-order valence-electron chi connectivity index (χ3n) is 6.19. The van der Waals surface area contributed by atoms with Crippen LogP contribution in [0.4, 0.5) is 0 Å². The summed E-state index contributed by atoms with van der Waals surface area (Å²) in [6.07, 6.45) is 1.62. The lowest BCUT2D eigenvalue weighted by molar-refractivity contribution is -0.154. The summed E-state index contributed by atoms with van der Waals surface area (Å²) in [4.78, 5) is 14.3. The molecule has 2 aromatic carbocycles. The number of benzene rings is 2. The molecular weight excluding hydrogens is 402 g/mol. The summed E-state index contributed by atoms with van der Waals surface area (Å²) in [5.41, 5.74) is 3.29. The maximum absolute atomic E-state index is 11.9. The van der Waals surface area contributed by atoms with E-state index in [2.05, 4.69) is 29.2 Å². The maximum Gasteiger partial charge on any atom is 0.332 e. The quantitative estimate of drug-likeness (QED) is 0.527. The molecule has 2 aromatic rings. The lowest BCUT2D eigenvalue weighted by Crippen LogP contribution is -2.36. The Kier molecular flexibility index (Phi) is 9.27. The molecule has 1 aliphatic heterocycles. The van der Waals surface area contributed by atoms with E-state index in [0.29, 0.717) is 12.3 Å². The van der Waals surface area contributed by atoms with Gasteiger partial charge in [-0.2, -0.15) is 0 Å². The Labute approximate surface area is 192 Å². The van der Waals surface area contributed by atoms with E-state index in [1.807, 2.05) is 44.2 Å². The van der Waals surface area contributed by atoms with Crippen molar-refractivity contribution in [2.24, 2.45) is 5.92 Å². The number of carboxylic acids is 1. The Bertz CT molecular complexity index is 821. The van der Waals surface area contributed by atoms with E-state index in [-0.39, 0.29) is 5.92 Å². The number of rotatable bonds is 11. The van der Waals surface area contributed by atoms with Crippen molar-refractivity contribution < 1.29 is 19.4 Å². The summed E-state index contributed by atoms with van der Waals surface area (Å²) in [5.74, 6) is -0.157. The summed E-state index contributed by atoms with van der Waals surface area (Å²) in [7, 11) is 1.75. The summed E-state index contributed by atoms with van der Waals surface area (Å²) >= 11 is 0. The number of methoxy groups -OCH3 is 1. The molecule has 1 aliphatic rings. The molecule has 0 radical (unpaired) electrons. The third-order valence-corrected chi connectivity index (χ3v) is 6.19. The first-order valence-electron chi connectivity index (χ1n) is 11.7. The zero-order valence-corrected chi connectivity index (χ0v) is 19.6. The fourth-order valence-corrected chi connectivity index (χ4v) is 4.48. The van der Waals surface area contributed by atoms with Gasteiger partial charge in [0.25, 0.3) is 0 Å². The van der Waals surface area contributed by atoms with Crippen LogP contribution in [0.15, 0.2) is 54.6 Å². The molecule has 0 aliphatic carbocycles. The maximum atomic E-state index is 11.9. The predicted molar refractivity (Wildman–Crippen MR) is 127 cm³/mol. The smallest absolute Gasteiger partial charge is 0.332 e. The summed E-state index contributed by atoms with van der Waals surface area (Å²) in [6, 6.07) is 18.5. The first-order valence-corrected chi connectivity index (χ1v) is 11.7. The molecule has 0 spiro atoms. The average molecular weight is 440 g/mol. The van der Waals surface area contributed by atoms with E-state index in [4.69, 9.17) is 9.47 Å². The summed E-state index contributed by atoms with van der Waals surface area (Å²) in [5, 5.41) is 9.73. The van der Waals surface area contributed by atoms with Crippen LogP contribution in [0.3, 0.4) is 0 Å². The van der Waals surface area contributed by atoms with Gasteiger partial charge in [-0.15, -0.1) is 0 Å². The van der Waals surface area contributed by atoms with Crippen LogP contribution in [-0.2, 0) is 14.3 Å². The molecule has 1 fully saturated rings. The van der Waals surface area contributed by atoms with E-state index in [1.165, 1.54) is 18.4 Å². The second-order valence-corrected chi connectivity index (χ2v) is 9.18. The van der Waals surface area contributed by atoms with Crippen LogP contribution >= 0.6 is 0 Å². The van der Waals surface area contributed by atoms with Crippen molar-refractivity contribution >= 4 is 5.97 Å². The van der Waals surface area contributed by atoms with Gasteiger partial charge in [0.1, 0.15) is 6.10 Å². The van der Waals surface area contributed by atoms with Gasteiger partial charge in [-0.25, -0.2) is 4.79 Å². The fraction of sp³-hybridized carbons (Fsp3) is 0.519. The summed E-state index contributed by atoms with van der Waals surface area (Å²) in [6.45, 7) is 7.97. The van der Waals surface area contributed by atoms with Crippen LogP contribution in [-0.4, -0.2) is 55.4 Å².